The molecule has 38 heavy (non-hydrogen) atoms. The van der Waals surface area contributed by atoms with Crippen LogP contribution in [0.3, 0.4) is 0 Å². The van der Waals surface area contributed by atoms with Crippen molar-refractivity contribution in [2.75, 3.05) is 16.7 Å². The Labute approximate surface area is 222 Å². The van der Waals surface area contributed by atoms with Gasteiger partial charge < -0.3 is 24.1 Å². The van der Waals surface area contributed by atoms with Crippen molar-refractivity contribution < 1.29 is 32.6 Å². The van der Waals surface area contributed by atoms with Crippen LogP contribution in [0, 0.1) is 12.8 Å². The van der Waals surface area contributed by atoms with Gasteiger partial charge in [-0.1, -0.05) is 44.2 Å². The van der Waals surface area contributed by atoms with Crippen molar-refractivity contribution >= 4 is 45.5 Å². The summed E-state index contributed by atoms with van der Waals surface area (Å²) in [4.78, 5) is 24.6. The molecule has 0 radical (unpaired) electrons. The molecule has 0 aliphatic rings. The second-order valence-electron chi connectivity index (χ2n) is 9.04. The number of nitrogens with one attached hydrogen (secondary N) is 1. The number of aliphatic carboxylic acids is 1. The molecule has 2 unspecified atom stereocenters. The maximum Gasteiger partial charge on any atom is 0.327 e. The molecule has 0 fully saturated rings. The zero-order valence-corrected chi connectivity index (χ0v) is 22.1. The molecule has 0 saturated carbocycles. The summed E-state index contributed by atoms with van der Waals surface area (Å²) in [7, 11) is 1.56. The SMILES string of the molecule is COc1cccc2oc(C(=O)Nc3ccc(-c4ccc(N(C(C(=O)O)C(C)C)S(=O)[O-])cc4)cc3)c(C)c12. The van der Waals surface area contributed by atoms with E-state index in [1.165, 1.54) is 0 Å². The smallest absolute Gasteiger partial charge is 0.327 e. The molecule has 0 saturated heterocycles. The normalized spacial score (nSPS) is 12.8. The van der Waals surface area contributed by atoms with E-state index in [1.54, 1.807) is 76.4 Å². The monoisotopic (exact) mass is 535 g/mol. The standard InChI is InChI=1S/C28H28N2O7S/c1-16(2)25(28(32)33)30(38(34)35)21-14-10-19(11-15-21)18-8-12-20(13-9-18)29-27(31)26-17(3)24-22(36-4)6-5-7-23(24)37-26/h5-16,25H,1-4H3,(H,29,31)(H,32,33)(H,34,35)/p-1. The molecule has 0 bridgehead atoms. The van der Waals surface area contributed by atoms with E-state index in [0.717, 1.165) is 20.8 Å². The lowest BCUT2D eigenvalue weighted by atomic mass is 10.0. The number of rotatable bonds is 9. The first kappa shape index (κ1) is 26.9. The van der Waals surface area contributed by atoms with Crippen LogP contribution in [-0.2, 0) is 16.1 Å². The number of methoxy groups -OCH3 is 1. The van der Waals surface area contributed by atoms with Gasteiger partial charge in [-0.25, -0.2) is 4.79 Å². The number of furan rings is 1. The first-order valence-electron chi connectivity index (χ1n) is 11.8. The number of carbonyl (C=O) groups excluding carboxylic acids is 1. The van der Waals surface area contributed by atoms with Gasteiger partial charge in [-0.3, -0.25) is 13.3 Å². The molecule has 0 aliphatic carbocycles. The Morgan fingerprint density at radius 3 is 2.16 bits per heavy atom. The predicted molar refractivity (Wildman–Crippen MR) is 145 cm³/mol. The van der Waals surface area contributed by atoms with Gasteiger partial charge in [-0.05, 0) is 60.4 Å². The Bertz CT molecular complexity index is 1490. The van der Waals surface area contributed by atoms with Crippen molar-refractivity contribution in [3.8, 4) is 16.9 Å². The van der Waals surface area contributed by atoms with Crippen molar-refractivity contribution in [2.45, 2.75) is 26.8 Å². The van der Waals surface area contributed by atoms with Gasteiger partial charge in [0.25, 0.3) is 5.91 Å². The molecule has 1 amide bonds. The number of carboxylic acids is 1. The summed E-state index contributed by atoms with van der Waals surface area (Å²) in [6.45, 7) is 5.11. The summed E-state index contributed by atoms with van der Waals surface area (Å²) < 4.78 is 35.7. The Morgan fingerprint density at radius 1 is 1.03 bits per heavy atom. The van der Waals surface area contributed by atoms with Crippen molar-refractivity contribution in [3.63, 3.8) is 0 Å². The minimum atomic E-state index is -2.76. The van der Waals surface area contributed by atoms with Crippen molar-refractivity contribution in [3.05, 3.63) is 78.1 Å². The first-order chi connectivity index (χ1) is 18.1. The highest BCUT2D eigenvalue weighted by atomic mass is 32.2. The zero-order valence-electron chi connectivity index (χ0n) is 21.3. The van der Waals surface area contributed by atoms with E-state index < -0.39 is 29.2 Å². The molecular weight excluding hydrogens is 508 g/mol. The van der Waals surface area contributed by atoms with Crippen LogP contribution in [0.5, 0.6) is 5.75 Å². The van der Waals surface area contributed by atoms with Gasteiger partial charge in [0.15, 0.2) is 5.76 Å². The number of aryl methyl sites for hydroxylation is 1. The lowest BCUT2D eigenvalue weighted by Gasteiger charge is -2.34. The third-order valence-electron chi connectivity index (χ3n) is 6.24. The molecule has 1 aromatic heterocycles. The van der Waals surface area contributed by atoms with Crippen LogP contribution < -0.4 is 14.4 Å². The maximum absolute atomic E-state index is 12.9. The molecule has 4 aromatic rings. The number of amides is 1. The Kier molecular flexibility index (Phi) is 7.84. The molecule has 3 aromatic carbocycles. The average molecular weight is 536 g/mol. The Morgan fingerprint density at radius 2 is 1.63 bits per heavy atom. The number of carboxylic acid groups (broad SMARTS) is 1. The molecule has 10 heteroatoms. The zero-order chi connectivity index (χ0) is 27.6. The summed E-state index contributed by atoms with van der Waals surface area (Å²) in [6, 6.07) is 17.9. The molecule has 2 N–H and O–H groups in total. The predicted octanol–water partition coefficient (Wildman–Crippen LogP) is 5.38. The van der Waals surface area contributed by atoms with Crippen molar-refractivity contribution in [2.24, 2.45) is 5.92 Å². The summed E-state index contributed by atoms with van der Waals surface area (Å²) in [5.41, 5.74) is 3.68. The van der Waals surface area contributed by atoms with Crippen LogP contribution >= 0.6 is 0 Å². The lowest BCUT2D eigenvalue weighted by Crippen LogP contribution is -2.45. The number of nitrogens with zero attached hydrogens (tertiary/aromatic N) is 1. The Hall–Kier alpha value is -4.15. The van der Waals surface area contributed by atoms with E-state index in [9.17, 15) is 23.5 Å². The number of hydrogen-bond acceptors (Lipinski definition) is 6. The van der Waals surface area contributed by atoms with Gasteiger partial charge in [0, 0.05) is 28.2 Å². The van der Waals surface area contributed by atoms with Gasteiger partial charge in [-0.15, -0.1) is 0 Å². The minimum Gasteiger partial charge on any atom is -0.755 e. The number of hydrogen-bond donors (Lipinski definition) is 2. The fraction of sp³-hybridized carbons (Fsp3) is 0.214. The quantitative estimate of drug-likeness (QED) is 0.275. The molecule has 4 rings (SSSR count). The van der Waals surface area contributed by atoms with E-state index in [0.29, 0.717) is 22.6 Å². The van der Waals surface area contributed by atoms with Crippen LogP contribution in [0.4, 0.5) is 11.4 Å². The van der Waals surface area contributed by atoms with Crippen LogP contribution in [0.2, 0.25) is 0 Å². The third-order valence-corrected chi connectivity index (χ3v) is 7.00. The van der Waals surface area contributed by atoms with Crippen molar-refractivity contribution in [1.29, 1.82) is 0 Å². The molecule has 1 heterocycles. The summed E-state index contributed by atoms with van der Waals surface area (Å²) >= 11 is -2.76. The second-order valence-corrected chi connectivity index (χ2v) is 9.87. The van der Waals surface area contributed by atoms with E-state index in [1.807, 2.05) is 18.2 Å². The third kappa shape index (κ3) is 5.27. The van der Waals surface area contributed by atoms with Gasteiger partial charge in [-0.2, -0.15) is 0 Å². The van der Waals surface area contributed by atoms with Gasteiger partial charge in [0.2, 0.25) is 0 Å². The van der Waals surface area contributed by atoms with Crippen LogP contribution in [0.1, 0.15) is 30.0 Å². The summed E-state index contributed by atoms with van der Waals surface area (Å²) in [5, 5.41) is 13.1. The van der Waals surface area contributed by atoms with Gasteiger partial charge in [0.05, 0.1) is 12.5 Å². The van der Waals surface area contributed by atoms with Gasteiger partial charge in [0.1, 0.15) is 17.4 Å². The number of carbonyl (C=O) groups is 2. The number of anilines is 2. The van der Waals surface area contributed by atoms with Gasteiger partial charge >= 0.3 is 5.97 Å². The summed E-state index contributed by atoms with van der Waals surface area (Å²) in [6.07, 6.45) is 0. The van der Waals surface area contributed by atoms with E-state index in [-0.39, 0.29) is 17.4 Å². The molecule has 0 aliphatic heterocycles. The topological polar surface area (TPSA) is 132 Å². The molecule has 2 atom stereocenters. The highest BCUT2D eigenvalue weighted by molar-refractivity contribution is 7.80. The fourth-order valence-corrected chi connectivity index (χ4v) is 5.20. The number of fused-ring (bicyclic) bond motifs is 1. The van der Waals surface area contributed by atoms with Crippen LogP contribution in [-0.4, -0.2) is 38.9 Å². The number of ether oxygens (including phenoxy) is 1. The largest absolute Gasteiger partial charge is 0.755 e. The number of benzene rings is 3. The highest BCUT2D eigenvalue weighted by Crippen LogP contribution is 2.33. The molecular formula is C28H27N2O7S-. The van der Waals surface area contributed by atoms with E-state index >= 15 is 0 Å². The lowest BCUT2D eigenvalue weighted by molar-refractivity contribution is -0.139. The summed E-state index contributed by atoms with van der Waals surface area (Å²) in [5.74, 6) is -1.21. The first-order valence-corrected chi connectivity index (χ1v) is 12.8. The molecule has 0 spiro atoms. The van der Waals surface area contributed by atoms with E-state index in [4.69, 9.17) is 9.15 Å². The highest BCUT2D eigenvalue weighted by Gasteiger charge is 2.30. The fourth-order valence-electron chi connectivity index (χ4n) is 4.38. The van der Waals surface area contributed by atoms with Crippen LogP contribution in [0.25, 0.3) is 22.1 Å². The van der Waals surface area contributed by atoms with E-state index in [2.05, 4.69) is 5.32 Å². The molecule has 198 valence electrons. The van der Waals surface area contributed by atoms with Crippen molar-refractivity contribution in [1.82, 2.24) is 0 Å². The average Bonchev–Trinajstić information content (AvgIpc) is 3.24. The second kappa shape index (κ2) is 11.1. The maximum atomic E-state index is 12.9. The Balaban J connectivity index is 1.52. The molecule has 9 nitrogen and oxygen atoms in total. The van der Waals surface area contributed by atoms with Crippen LogP contribution in [0.15, 0.2) is 71.1 Å². The minimum absolute atomic E-state index is 0.200.